The highest BCUT2D eigenvalue weighted by Gasteiger charge is 2.45. The Labute approximate surface area is 125 Å². The lowest BCUT2D eigenvalue weighted by Crippen LogP contribution is -2.47. The third kappa shape index (κ3) is 2.28. The van der Waals surface area contributed by atoms with Crippen molar-refractivity contribution in [3.05, 3.63) is 28.5 Å². The van der Waals surface area contributed by atoms with E-state index in [1.807, 2.05) is 0 Å². The Morgan fingerprint density at radius 1 is 1.10 bits per heavy atom. The van der Waals surface area contributed by atoms with Gasteiger partial charge >= 0.3 is 0 Å². The number of carbonyl (C=O) groups is 2. The smallest absolute Gasteiger partial charge is 0.234 e. The molecule has 3 nitrogen and oxygen atoms in total. The van der Waals surface area contributed by atoms with Crippen molar-refractivity contribution in [3.63, 3.8) is 0 Å². The zero-order valence-electron chi connectivity index (χ0n) is 11.0. The number of piperidine rings is 1. The number of nitrogens with zero attached hydrogens (tertiary/aromatic N) is 1. The van der Waals surface area contributed by atoms with Gasteiger partial charge in [-0.3, -0.25) is 14.5 Å². The first-order chi connectivity index (χ1) is 9.51. The molecule has 1 saturated heterocycles. The predicted octanol–water partition coefficient (Wildman–Crippen LogP) is 3.80. The van der Waals surface area contributed by atoms with Crippen LogP contribution in [0.1, 0.15) is 38.5 Å². The first-order valence-electron chi connectivity index (χ1n) is 6.82. The van der Waals surface area contributed by atoms with E-state index in [9.17, 15) is 14.0 Å². The summed E-state index contributed by atoms with van der Waals surface area (Å²) in [6.07, 6.45) is 4.88. The highest BCUT2D eigenvalue weighted by atomic mass is 79.9. The maximum absolute atomic E-state index is 13.6. The molecule has 1 aromatic carbocycles. The lowest BCUT2D eigenvalue weighted by Gasteiger charge is -2.37. The number of halogens is 2. The van der Waals surface area contributed by atoms with Crippen molar-refractivity contribution in [1.82, 2.24) is 0 Å². The number of hydrogen-bond acceptors (Lipinski definition) is 2. The molecule has 0 bridgehead atoms. The fourth-order valence-corrected chi connectivity index (χ4v) is 3.64. The van der Waals surface area contributed by atoms with E-state index < -0.39 is 5.82 Å². The molecular formula is C15H15BrFNO2. The van der Waals surface area contributed by atoms with Gasteiger partial charge in [-0.2, -0.15) is 0 Å². The van der Waals surface area contributed by atoms with Gasteiger partial charge in [-0.15, -0.1) is 0 Å². The van der Waals surface area contributed by atoms with Crippen LogP contribution in [0.25, 0.3) is 0 Å². The molecule has 0 atom stereocenters. The molecule has 5 heteroatoms. The van der Waals surface area contributed by atoms with Gasteiger partial charge in [-0.05, 0) is 52.4 Å². The van der Waals surface area contributed by atoms with Crippen molar-refractivity contribution in [2.75, 3.05) is 4.90 Å². The van der Waals surface area contributed by atoms with Gasteiger partial charge in [0, 0.05) is 12.8 Å². The second-order valence-corrected chi connectivity index (χ2v) is 6.64. The monoisotopic (exact) mass is 339 g/mol. The summed E-state index contributed by atoms with van der Waals surface area (Å²) in [6, 6.07) is 4.34. The fraction of sp³-hybridized carbons (Fsp3) is 0.467. The van der Waals surface area contributed by atoms with E-state index in [0.29, 0.717) is 23.0 Å². The summed E-state index contributed by atoms with van der Waals surface area (Å²) in [6.45, 7) is 0. The van der Waals surface area contributed by atoms with E-state index in [1.165, 1.54) is 12.1 Å². The molecule has 1 aliphatic heterocycles. The number of hydrogen-bond donors (Lipinski definition) is 0. The van der Waals surface area contributed by atoms with Crippen molar-refractivity contribution in [3.8, 4) is 0 Å². The normalized spacial score (nSPS) is 21.8. The Kier molecular flexibility index (Phi) is 3.40. The van der Waals surface area contributed by atoms with E-state index >= 15 is 0 Å². The van der Waals surface area contributed by atoms with Gasteiger partial charge in [0.15, 0.2) is 0 Å². The van der Waals surface area contributed by atoms with Gasteiger partial charge in [0.25, 0.3) is 0 Å². The number of rotatable bonds is 1. The number of imide groups is 1. The average Bonchev–Trinajstić information content (AvgIpc) is 2.80. The van der Waals surface area contributed by atoms with E-state index in [0.717, 1.165) is 30.6 Å². The second-order valence-electron chi connectivity index (χ2n) is 5.78. The molecule has 1 heterocycles. The van der Waals surface area contributed by atoms with Crippen molar-refractivity contribution in [2.45, 2.75) is 38.5 Å². The maximum Gasteiger partial charge on any atom is 0.234 e. The van der Waals surface area contributed by atoms with Gasteiger partial charge in [-0.1, -0.05) is 12.8 Å². The third-order valence-corrected chi connectivity index (χ3v) is 5.02. The SMILES string of the molecule is O=C1CC2(CCCC2)CC(=O)N1c1ccc(Br)c(F)c1. The van der Waals surface area contributed by atoms with E-state index in [2.05, 4.69) is 15.9 Å². The zero-order chi connectivity index (χ0) is 14.3. The Bertz CT molecular complexity index is 561. The summed E-state index contributed by atoms with van der Waals surface area (Å²) in [5, 5.41) is 0. The molecule has 0 unspecified atom stereocenters. The molecule has 20 heavy (non-hydrogen) atoms. The van der Waals surface area contributed by atoms with Gasteiger partial charge in [0.05, 0.1) is 10.2 Å². The van der Waals surface area contributed by atoms with Crippen LogP contribution in [0.4, 0.5) is 10.1 Å². The quantitative estimate of drug-likeness (QED) is 0.729. The first-order valence-corrected chi connectivity index (χ1v) is 7.61. The first kappa shape index (κ1) is 13.7. The van der Waals surface area contributed by atoms with Gasteiger partial charge in [-0.25, -0.2) is 4.39 Å². The molecule has 3 rings (SSSR count). The van der Waals surface area contributed by atoms with E-state index in [-0.39, 0.29) is 17.2 Å². The number of benzene rings is 1. The largest absolute Gasteiger partial charge is 0.274 e. The standard InChI is InChI=1S/C15H15BrFNO2/c16-11-4-3-10(7-12(11)17)18-13(19)8-15(9-14(18)20)5-1-2-6-15/h3-4,7H,1-2,5-6,8-9H2. The summed E-state index contributed by atoms with van der Waals surface area (Å²) >= 11 is 3.07. The molecule has 1 spiro atoms. The minimum Gasteiger partial charge on any atom is -0.274 e. The Hall–Kier alpha value is -1.23. The number of amides is 2. The maximum atomic E-state index is 13.6. The summed E-state index contributed by atoms with van der Waals surface area (Å²) in [7, 11) is 0. The van der Waals surface area contributed by atoms with Crippen molar-refractivity contribution in [1.29, 1.82) is 0 Å². The molecule has 2 amide bonds. The van der Waals surface area contributed by atoms with Crippen molar-refractivity contribution in [2.24, 2.45) is 5.41 Å². The zero-order valence-corrected chi connectivity index (χ0v) is 12.6. The van der Waals surface area contributed by atoms with Crippen LogP contribution < -0.4 is 4.90 Å². The number of anilines is 1. The van der Waals surface area contributed by atoms with Gasteiger partial charge < -0.3 is 0 Å². The Morgan fingerprint density at radius 3 is 2.25 bits per heavy atom. The summed E-state index contributed by atoms with van der Waals surface area (Å²) < 4.78 is 13.9. The van der Waals surface area contributed by atoms with Gasteiger partial charge in [0.2, 0.25) is 11.8 Å². The molecule has 2 fully saturated rings. The highest BCUT2D eigenvalue weighted by molar-refractivity contribution is 9.10. The molecule has 2 aliphatic rings. The molecular weight excluding hydrogens is 325 g/mol. The van der Waals surface area contributed by atoms with Crippen molar-refractivity contribution < 1.29 is 14.0 Å². The van der Waals surface area contributed by atoms with E-state index in [4.69, 9.17) is 0 Å². The minimum absolute atomic E-state index is 0.126. The lowest BCUT2D eigenvalue weighted by molar-refractivity contribution is -0.133. The lowest BCUT2D eigenvalue weighted by atomic mass is 9.76. The van der Waals surface area contributed by atoms with Crippen LogP contribution in [0.3, 0.4) is 0 Å². The molecule has 106 valence electrons. The molecule has 1 aromatic rings. The molecule has 0 radical (unpaired) electrons. The van der Waals surface area contributed by atoms with Crippen LogP contribution in [-0.4, -0.2) is 11.8 Å². The third-order valence-electron chi connectivity index (χ3n) is 4.38. The summed E-state index contributed by atoms with van der Waals surface area (Å²) in [4.78, 5) is 25.8. The van der Waals surface area contributed by atoms with Crippen LogP contribution in [0.2, 0.25) is 0 Å². The summed E-state index contributed by atoms with van der Waals surface area (Å²) in [5.74, 6) is -0.876. The van der Waals surface area contributed by atoms with Crippen LogP contribution >= 0.6 is 15.9 Å². The fourth-order valence-electron chi connectivity index (χ4n) is 3.39. The molecule has 0 N–H and O–H groups in total. The predicted molar refractivity (Wildman–Crippen MR) is 76.7 cm³/mol. The van der Waals surface area contributed by atoms with Gasteiger partial charge in [0.1, 0.15) is 5.82 Å². The van der Waals surface area contributed by atoms with Crippen LogP contribution in [0.15, 0.2) is 22.7 Å². The minimum atomic E-state index is -0.468. The van der Waals surface area contributed by atoms with Crippen LogP contribution in [-0.2, 0) is 9.59 Å². The Morgan fingerprint density at radius 2 is 1.70 bits per heavy atom. The number of carbonyl (C=O) groups excluding carboxylic acids is 2. The summed E-state index contributed by atoms with van der Waals surface area (Å²) in [5.41, 5.74) is 0.201. The molecule has 1 saturated carbocycles. The Balaban J connectivity index is 1.89. The average molecular weight is 340 g/mol. The van der Waals surface area contributed by atoms with E-state index in [1.54, 1.807) is 6.07 Å². The molecule has 1 aliphatic carbocycles. The molecule has 0 aromatic heterocycles. The van der Waals surface area contributed by atoms with Crippen LogP contribution in [0.5, 0.6) is 0 Å². The van der Waals surface area contributed by atoms with Crippen LogP contribution in [0, 0.1) is 11.2 Å². The highest BCUT2D eigenvalue weighted by Crippen LogP contribution is 2.47. The second kappa shape index (κ2) is 4.95. The topological polar surface area (TPSA) is 37.4 Å². The van der Waals surface area contributed by atoms with Crippen molar-refractivity contribution >= 4 is 33.4 Å².